The van der Waals surface area contributed by atoms with E-state index >= 15 is 0 Å². The molecule has 1 rings (SSSR count). The van der Waals surface area contributed by atoms with Crippen molar-refractivity contribution in [1.82, 2.24) is 15.5 Å². The summed E-state index contributed by atoms with van der Waals surface area (Å²) in [6.07, 6.45) is 2.57. The molecule has 0 radical (unpaired) electrons. The molecular weight excluding hydrogens is 308 g/mol. The molecule has 0 aliphatic rings. The number of furan rings is 1. The minimum Gasteiger partial charge on any atom is -0.466 e. The van der Waals surface area contributed by atoms with Crippen LogP contribution in [0.15, 0.2) is 27.8 Å². The summed E-state index contributed by atoms with van der Waals surface area (Å²) in [4.78, 5) is 6.70. The van der Waals surface area contributed by atoms with Gasteiger partial charge in [-0.2, -0.15) is 0 Å². The van der Waals surface area contributed by atoms with Crippen LogP contribution in [0.4, 0.5) is 0 Å². The highest BCUT2D eigenvalue weighted by Gasteiger charge is 2.26. The third-order valence-electron chi connectivity index (χ3n) is 3.62. The van der Waals surface area contributed by atoms with E-state index in [2.05, 4.69) is 27.6 Å². The molecule has 0 aliphatic carbocycles. The predicted molar refractivity (Wildman–Crippen MR) is 96.3 cm³/mol. The monoisotopic (exact) mass is 340 g/mol. The van der Waals surface area contributed by atoms with Crippen molar-refractivity contribution < 1.29 is 14.3 Å². The van der Waals surface area contributed by atoms with Gasteiger partial charge < -0.3 is 29.8 Å². The predicted octanol–water partition coefficient (Wildman–Crippen LogP) is 1.01. The number of likely N-dealkylation sites (N-methyl/N-ethyl adjacent to an activating group) is 1. The summed E-state index contributed by atoms with van der Waals surface area (Å²) in [5.41, 5.74) is -1.12. The summed E-state index contributed by atoms with van der Waals surface area (Å²) in [5.74, 6) is 1.20. The first-order valence-corrected chi connectivity index (χ1v) is 8.45. The number of guanidine groups is 1. The van der Waals surface area contributed by atoms with Crippen LogP contribution in [0.2, 0.25) is 0 Å². The average molecular weight is 340 g/mol. The highest BCUT2D eigenvalue weighted by atomic mass is 16.5. The Hall–Kier alpha value is -1.57. The molecule has 7 heteroatoms. The quantitative estimate of drug-likeness (QED) is 0.317. The van der Waals surface area contributed by atoms with Gasteiger partial charge in [0, 0.05) is 39.9 Å². The van der Waals surface area contributed by atoms with Crippen LogP contribution in [0.1, 0.15) is 26.0 Å². The number of nitrogens with zero attached hydrogens (tertiary/aromatic N) is 2. The molecule has 0 amide bonds. The molecule has 24 heavy (non-hydrogen) atoms. The van der Waals surface area contributed by atoms with E-state index in [9.17, 15) is 5.11 Å². The lowest BCUT2D eigenvalue weighted by atomic mass is 10.0. The van der Waals surface area contributed by atoms with Crippen LogP contribution in [0.5, 0.6) is 0 Å². The summed E-state index contributed by atoms with van der Waals surface area (Å²) < 4.78 is 10.3. The van der Waals surface area contributed by atoms with Crippen molar-refractivity contribution in [2.75, 3.05) is 53.5 Å². The van der Waals surface area contributed by atoms with Gasteiger partial charge in [0.25, 0.3) is 0 Å². The Morgan fingerprint density at radius 3 is 2.83 bits per heavy atom. The third-order valence-corrected chi connectivity index (χ3v) is 3.62. The van der Waals surface area contributed by atoms with Crippen molar-refractivity contribution in [3.8, 4) is 0 Å². The zero-order chi connectivity index (χ0) is 17.8. The Morgan fingerprint density at radius 2 is 2.21 bits per heavy atom. The maximum Gasteiger partial charge on any atom is 0.191 e. The van der Waals surface area contributed by atoms with E-state index in [-0.39, 0.29) is 6.54 Å². The fourth-order valence-electron chi connectivity index (χ4n) is 2.19. The average Bonchev–Trinajstić information content (AvgIpc) is 3.08. The number of rotatable bonds is 11. The SMILES string of the molecule is CCNC(=NCC(C)(O)c1ccco1)NCCN(C)CCCOC. The van der Waals surface area contributed by atoms with Gasteiger partial charge in [-0.15, -0.1) is 0 Å². The molecule has 1 aromatic rings. The summed E-state index contributed by atoms with van der Waals surface area (Å²) in [6.45, 7) is 8.15. The lowest BCUT2D eigenvalue weighted by molar-refractivity contribution is 0.0437. The topological polar surface area (TPSA) is 82.3 Å². The first-order chi connectivity index (χ1) is 11.5. The first kappa shape index (κ1) is 20.5. The molecule has 0 spiro atoms. The highest BCUT2D eigenvalue weighted by Crippen LogP contribution is 2.20. The highest BCUT2D eigenvalue weighted by molar-refractivity contribution is 5.79. The maximum absolute atomic E-state index is 10.4. The van der Waals surface area contributed by atoms with Gasteiger partial charge >= 0.3 is 0 Å². The minimum absolute atomic E-state index is 0.222. The molecule has 138 valence electrons. The van der Waals surface area contributed by atoms with Gasteiger partial charge in [0.2, 0.25) is 0 Å². The van der Waals surface area contributed by atoms with Gasteiger partial charge in [-0.05, 0) is 39.4 Å². The lowest BCUT2D eigenvalue weighted by Gasteiger charge is -2.20. The van der Waals surface area contributed by atoms with Gasteiger partial charge in [0.05, 0.1) is 12.8 Å². The van der Waals surface area contributed by atoms with Crippen molar-refractivity contribution in [2.45, 2.75) is 25.9 Å². The smallest absolute Gasteiger partial charge is 0.191 e. The lowest BCUT2D eigenvalue weighted by Crippen LogP contribution is -2.42. The molecule has 0 saturated heterocycles. The Labute approximate surface area is 145 Å². The van der Waals surface area contributed by atoms with Crippen LogP contribution >= 0.6 is 0 Å². The Bertz CT molecular complexity index is 460. The first-order valence-electron chi connectivity index (χ1n) is 8.45. The summed E-state index contributed by atoms with van der Waals surface area (Å²) in [7, 11) is 3.81. The van der Waals surface area contributed by atoms with E-state index < -0.39 is 5.60 Å². The van der Waals surface area contributed by atoms with E-state index in [0.717, 1.165) is 39.2 Å². The van der Waals surface area contributed by atoms with Crippen LogP contribution in [0.25, 0.3) is 0 Å². The Balaban J connectivity index is 2.42. The second kappa shape index (κ2) is 11.1. The largest absolute Gasteiger partial charge is 0.466 e. The third kappa shape index (κ3) is 7.81. The second-order valence-electron chi connectivity index (χ2n) is 6.02. The fraction of sp³-hybridized carbons (Fsp3) is 0.706. The molecule has 1 aromatic heterocycles. The Kier molecular flexibility index (Phi) is 9.44. The number of ether oxygens (including phenoxy) is 1. The molecule has 0 saturated carbocycles. The van der Waals surface area contributed by atoms with Crippen LogP contribution in [0.3, 0.4) is 0 Å². The number of hydrogen-bond donors (Lipinski definition) is 3. The number of nitrogens with one attached hydrogen (secondary N) is 2. The number of aliphatic imine (C=N–C) groups is 1. The molecule has 0 aromatic carbocycles. The summed E-state index contributed by atoms with van der Waals surface area (Å²) in [5, 5.41) is 16.9. The molecule has 1 atom stereocenters. The summed E-state index contributed by atoms with van der Waals surface area (Å²) in [6, 6.07) is 3.52. The molecule has 1 heterocycles. The molecule has 0 fully saturated rings. The van der Waals surface area contributed by atoms with Gasteiger partial charge in [0.1, 0.15) is 11.4 Å². The van der Waals surface area contributed by atoms with Crippen molar-refractivity contribution in [2.24, 2.45) is 4.99 Å². The molecule has 1 unspecified atom stereocenters. The van der Waals surface area contributed by atoms with E-state index in [1.807, 2.05) is 6.92 Å². The zero-order valence-electron chi connectivity index (χ0n) is 15.3. The zero-order valence-corrected chi connectivity index (χ0v) is 15.3. The van der Waals surface area contributed by atoms with Crippen molar-refractivity contribution in [1.29, 1.82) is 0 Å². The van der Waals surface area contributed by atoms with Gasteiger partial charge in [-0.1, -0.05) is 0 Å². The number of methoxy groups -OCH3 is 1. The van der Waals surface area contributed by atoms with Crippen molar-refractivity contribution in [3.05, 3.63) is 24.2 Å². The fourth-order valence-corrected chi connectivity index (χ4v) is 2.19. The number of hydrogen-bond acceptors (Lipinski definition) is 5. The van der Waals surface area contributed by atoms with Crippen LogP contribution < -0.4 is 10.6 Å². The Morgan fingerprint density at radius 1 is 1.42 bits per heavy atom. The van der Waals surface area contributed by atoms with Crippen molar-refractivity contribution >= 4 is 5.96 Å². The van der Waals surface area contributed by atoms with E-state index in [1.54, 1.807) is 32.4 Å². The van der Waals surface area contributed by atoms with Crippen LogP contribution in [-0.4, -0.2) is 69.5 Å². The summed E-state index contributed by atoms with van der Waals surface area (Å²) >= 11 is 0. The van der Waals surface area contributed by atoms with Gasteiger partial charge in [-0.25, -0.2) is 4.99 Å². The van der Waals surface area contributed by atoms with E-state index in [0.29, 0.717) is 11.7 Å². The van der Waals surface area contributed by atoms with Gasteiger partial charge in [0.15, 0.2) is 5.96 Å². The normalized spacial score (nSPS) is 14.7. The molecular formula is C17H32N4O3. The standard InChI is InChI=1S/C17H32N4O3/c1-5-18-16(19-9-11-21(3)10-7-12-23-4)20-14-17(2,22)15-8-6-13-24-15/h6,8,13,22H,5,7,9-12,14H2,1-4H3,(H2,18,19,20). The van der Waals surface area contributed by atoms with Crippen LogP contribution in [0, 0.1) is 0 Å². The molecule has 0 aliphatic heterocycles. The second-order valence-corrected chi connectivity index (χ2v) is 6.02. The maximum atomic E-state index is 10.4. The van der Waals surface area contributed by atoms with Gasteiger partial charge in [-0.3, -0.25) is 0 Å². The minimum atomic E-state index is -1.12. The molecule has 7 nitrogen and oxygen atoms in total. The van der Waals surface area contributed by atoms with E-state index in [1.165, 1.54) is 0 Å². The molecule has 3 N–H and O–H groups in total. The molecule has 0 bridgehead atoms. The van der Waals surface area contributed by atoms with Crippen molar-refractivity contribution in [3.63, 3.8) is 0 Å². The van der Waals surface area contributed by atoms with Crippen LogP contribution in [-0.2, 0) is 10.3 Å². The number of aliphatic hydroxyl groups is 1. The van der Waals surface area contributed by atoms with E-state index in [4.69, 9.17) is 9.15 Å².